The maximum atomic E-state index is 12.6. The zero-order valence-corrected chi connectivity index (χ0v) is 16.3. The molecule has 6 heteroatoms. The molecule has 144 valence electrons. The van der Waals surface area contributed by atoms with Gasteiger partial charge in [0.25, 0.3) is 5.91 Å². The van der Waals surface area contributed by atoms with Gasteiger partial charge in [-0.05, 0) is 62.2 Å². The van der Waals surface area contributed by atoms with Gasteiger partial charge in [-0.2, -0.15) is 0 Å². The Bertz CT molecular complexity index is 1080. The predicted molar refractivity (Wildman–Crippen MR) is 113 cm³/mol. The Labute approximate surface area is 164 Å². The van der Waals surface area contributed by atoms with Gasteiger partial charge in [0, 0.05) is 40.6 Å². The van der Waals surface area contributed by atoms with E-state index in [0.29, 0.717) is 12.1 Å². The minimum atomic E-state index is -0.0778. The Hall–Kier alpha value is -3.41. The second-order valence-corrected chi connectivity index (χ2v) is 6.99. The maximum Gasteiger partial charge on any atom is 0.251 e. The molecule has 0 radical (unpaired) electrons. The Morgan fingerprint density at radius 1 is 1.04 bits per heavy atom. The first-order valence-electron chi connectivity index (χ1n) is 9.33. The van der Waals surface area contributed by atoms with Gasteiger partial charge in [0.15, 0.2) is 0 Å². The number of benzene rings is 2. The molecule has 4 N–H and O–H groups in total. The van der Waals surface area contributed by atoms with Gasteiger partial charge >= 0.3 is 0 Å². The summed E-state index contributed by atoms with van der Waals surface area (Å²) in [6.07, 6.45) is 2.73. The number of fused-ring (bicyclic) bond motifs is 2. The summed E-state index contributed by atoms with van der Waals surface area (Å²) in [6, 6.07) is 11.6. The molecule has 1 amide bonds. The number of carbonyl (C=O) groups excluding carboxylic acids is 1. The number of allylic oxidation sites excluding steroid dienone is 2. The molecule has 0 fully saturated rings. The van der Waals surface area contributed by atoms with Crippen molar-refractivity contribution < 1.29 is 9.53 Å². The number of nitrogens with one attached hydrogen (secondary N) is 4. The first-order valence-corrected chi connectivity index (χ1v) is 9.33. The Balaban J connectivity index is 1.41. The van der Waals surface area contributed by atoms with Gasteiger partial charge in [-0.3, -0.25) is 4.79 Å². The number of methoxy groups -OCH3 is 1. The summed E-state index contributed by atoms with van der Waals surface area (Å²) >= 11 is 0. The standard InChI is InChI=1S/C22H24N4O2/c1-13-14(2)26-21-10-15(4-6-20(21)25-13)22(27)23-9-8-16-12-24-19-7-5-17(28-3)11-18(16)19/h4-7,10-12,24-26H,8-9H2,1-3H3,(H,23,27). The van der Waals surface area contributed by atoms with Crippen LogP contribution in [0.4, 0.5) is 11.4 Å². The molecule has 2 heterocycles. The SMILES string of the molecule is COc1ccc2[nH]cc(CCNC(=O)c3ccc4c(c3)NC(C)=C(C)N4)c2c1. The molecular formula is C22H24N4O2. The van der Waals surface area contributed by atoms with Gasteiger partial charge < -0.3 is 25.7 Å². The lowest BCUT2D eigenvalue weighted by molar-refractivity contribution is 0.0954. The van der Waals surface area contributed by atoms with E-state index >= 15 is 0 Å². The van der Waals surface area contributed by atoms with Crippen molar-refractivity contribution in [3.8, 4) is 5.75 Å². The number of aromatic amines is 1. The molecule has 4 rings (SSSR count). The molecular weight excluding hydrogens is 352 g/mol. The number of anilines is 2. The second-order valence-electron chi connectivity index (χ2n) is 6.99. The van der Waals surface area contributed by atoms with Crippen LogP contribution in [0, 0.1) is 0 Å². The molecule has 0 unspecified atom stereocenters. The zero-order chi connectivity index (χ0) is 19.7. The van der Waals surface area contributed by atoms with Crippen LogP contribution in [0.2, 0.25) is 0 Å². The monoisotopic (exact) mass is 376 g/mol. The highest BCUT2D eigenvalue weighted by Crippen LogP contribution is 2.30. The first kappa shape index (κ1) is 18.0. The Morgan fingerprint density at radius 2 is 1.82 bits per heavy atom. The van der Waals surface area contributed by atoms with Gasteiger partial charge in [0.1, 0.15) is 5.75 Å². The Morgan fingerprint density at radius 3 is 2.61 bits per heavy atom. The second kappa shape index (κ2) is 7.31. The van der Waals surface area contributed by atoms with Crippen LogP contribution in [0.5, 0.6) is 5.75 Å². The van der Waals surface area contributed by atoms with Crippen LogP contribution in [0.25, 0.3) is 10.9 Å². The van der Waals surface area contributed by atoms with E-state index < -0.39 is 0 Å². The van der Waals surface area contributed by atoms with E-state index in [-0.39, 0.29) is 5.91 Å². The molecule has 28 heavy (non-hydrogen) atoms. The molecule has 0 saturated heterocycles. The summed E-state index contributed by atoms with van der Waals surface area (Å²) in [5.74, 6) is 0.748. The van der Waals surface area contributed by atoms with Crippen LogP contribution in [0.3, 0.4) is 0 Å². The summed E-state index contributed by atoms with van der Waals surface area (Å²) in [6.45, 7) is 4.59. The third-order valence-corrected chi connectivity index (χ3v) is 5.14. The third-order valence-electron chi connectivity index (χ3n) is 5.14. The summed E-state index contributed by atoms with van der Waals surface area (Å²) in [7, 11) is 1.66. The van der Waals surface area contributed by atoms with Crippen LogP contribution >= 0.6 is 0 Å². The fourth-order valence-electron chi connectivity index (χ4n) is 3.39. The van der Waals surface area contributed by atoms with Gasteiger partial charge in [-0.1, -0.05) is 0 Å². The number of H-pyrrole nitrogens is 1. The molecule has 0 saturated carbocycles. The minimum Gasteiger partial charge on any atom is -0.497 e. The number of rotatable bonds is 5. The van der Waals surface area contributed by atoms with E-state index in [0.717, 1.165) is 51.4 Å². The Kier molecular flexibility index (Phi) is 4.69. The quantitative estimate of drug-likeness (QED) is 0.537. The number of amides is 1. The van der Waals surface area contributed by atoms with Crippen molar-refractivity contribution in [2.75, 3.05) is 24.3 Å². The van der Waals surface area contributed by atoms with Crippen molar-refractivity contribution in [1.82, 2.24) is 10.3 Å². The molecule has 6 nitrogen and oxygen atoms in total. The number of hydrogen-bond donors (Lipinski definition) is 4. The normalized spacial score (nSPS) is 13.0. The summed E-state index contributed by atoms with van der Waals surface area (Å²) < 4.78 is 5.31. The van der Waals surface area contributed by atoms with Gasteiger partial charge in [-0.15, -0.1) is 0 Å². The molecule has 2 aromatic carbocycles. The van der Waals surface area contributed by atoms with Crippen molar-refractivity contribution in [1.29, 1.82) is 0 Å². The van der Waals surface area contributed by atoms with Crippen LogP contribution in [-0.4, -0.2) is 24.5 Å². The molecule has 0 spiro atoms. The maximum absolute atomic E-state index is 12.6. The number of aromatic nitrogens is 1. The predicted octanol–water partition coefficient (Wildman–Crippen LogP) is 4.24. The van der Waals surface area contributed by atoms with E-state index in [2.05, 4.69) is 20.9 Å². The van der Waals surface area contributed by atoms with Crippen LogP contribution in [-0.2, 0) is 6.42 Å². The van der Waals surface area contributed by atoms with Crippen molar-refractivity contribution in [3.05, 3.63) is 65.1 Å². The highest BCUT2D eigenvalue weighted by molar-refractivity contribution is 5.97. The van der Waals surface area contributed by atoms with Crippen LogP contribution < -0.4 is 20.7 Å². The molecule has 1 aliphatic rings. The topological polar surface area (TPSA) is 78.2 Å². The zero-order valence-electron chi connectivity index (χ0n) is 16.3. The highest BCUT2D eigenvalue weighted by atomic mass is 16.5. The van der Waals surface area contributed by atoms with Gasteiger partial charge in [-0.25, -0.2) is 0 Å². The largest absolute Gasteiger partial charge is 0.497 e. The molecule has 0 aliphatic carbocycles. The smallest absolute Gasteiger partial charge is 0.251 e. The lowest BCUT2D eigenvalue weighted by atomic mass is 10.1. The summed E-state index contributed by atoms with van der Waals surface area (Å²) in [4.78, 5) is 15.8. The average molecular weight is 376 g/mol. The summed E-state index contributed by atoms with van der Waals surface area (Å²) in [5.41, 5.74) is 6.89. The van der Waals surface area contributed by atoms with Crippen LogP contribution in [0.15, 0.2) is 54.0 Å². The lowest BCUT2D eigenvalue weighted by Crippen LogP contribution is -2.26. The van der Waals surface area contributed by atoms with Crippen molar-refractivity contribution in [2.45, 2.75) is 20.3 Å². The first-order chi connectivity index (χ1) is 13.5. The number of carbonyl (C=O) groups is 1. The number of hydrogen-bond acceptors (Lipinski definition) is 4. The molecule has 0 bridgehead atoms. The van der Waals surface area contributed by atoms with Crippen molar-refractivity contribution >= 4 is 28.2 Å². The minimum absolute atomic E-state index is 0.0778. The third kappa shape index (κ3) is 3.41. The van der Waals surface area contributed by atoms with E-state index in [1.807, 2.05) is 56.4 Å². The molecule has 1 aliphatic heterocycles. The fraction of sp³-hybridized carbons (Fsp3) is 0.227. The van der Waals surface area contributed by atoms with E-state index in [9.17, 15) is 4.79 Å². The van der Waals surface area contributed by atoms with Crippen LogP contribution in [0.1, 0.15) is 29.8 Å². The molecule has 1 aromatic heterocycles. The van der Waals surface area contributed by atoms with Crippen molar-refractivity contribution in [3.63, 3.8) is 0 Å². The van der Waals surface area contributed by atoms with Crippen molar-refractivity contribution in [2.24, 2.45) is 0 Å². The highest BCUT2D eigenvalue weighted by Gasteiger charge is 2.14. The van der Waals surface area contributed by atoms with E-state index in [1.54, 1.807) is 7.11 Å². The molecule has 0 atom stereocenters. The number of ether oxygens (including phenoxy) is 1. The van der Waals surface area contributed by atoms with Gasteiger partial charge in [0.2, 0.25) is 0 Å². The average Bonchev–Trinajstić information content (AvgIpc) is 3.10. The molecule has 3 aromatic rings. The van der Waals surface area contributed by atoms with E-state index in [4.69, 9.17) is 4.74 Å². The van der Waals surface area contributed by atoms with E-state index in [1.165, 1.54) is 0 Å². The van der Waals surface area contributed by atoms with Gasteiger partial charge in [0.05, 0.1) is 18.5 Å². The summed E-state index contributed by atoms with van der Waals surface area (Å²) in [5, 5.41) is 10.8. The lowest BCUT2D eigenvalue weighted by Gasteiger charge is -2.23. The fourth-order valence-corrected chi connectivity index (χ4v) is 3.39.